The van der Waals surface area contributed by atoms with Gasteiger partial charge < -0.3 is 24.4 Å². The molecule has 62 heavy (non-hydrogen) atoms. The zero-order valence-corrected chi connectivity index (χ0v) is 37.0. The first kappa shape index (κ1) is 47.3. The maximum atomic E-state index is 14.8. The third kappa shape index (κ3) is 9.67. The first-order valence-electron chi connectivity index (χ1n) is 20.3. The van der Waals surface area contributed by atoms with Crippen LogP contribution in [0.25, 0.3) is 10.9 Å². The summed E-state index contributed by atoms with van der Waals surface area (Å²) in [7, 11) is -4.48. The third-order valence-electron chi connectivity index (χ3n) is 12.0. The molecule has 1 saturated heterocycles. The minimum absolute atomic E-state index is 0.00536. The van der Waals surface area contributed by atoms with Crippen LogP contribution in [0, 0.1) is 17.8 Å². The molecule has 2 aliphatic carbocycles. The molecule has 342 valence electrons. The number of rotatable bonds is 11. The van der Waals surface area contributed by atoms with Crippen LogP contribution in [0.3, 0.4) is 0 Å². The van der Waals surface area contributed by atoms with Gasteiger partial charge in [-0.2, -0.15) is 13.2 Å². The molecular formula is C40H50Cl2F4N6O9S. The molecule has 0 spiro atoms. The molecule has 0 bridgehead atoms. The van der Waals surface area contributed by atoms with Gasteiger partial charge >= 0.3 is 12.3 Å². The van der Waals surface area contributed by atoms with Crippen molar-refractivity contribution in [3.05, 3.63) is 40.5 Å². The van der Waals surface area contributed by atoms with E-state index in [-0.39, 0.29) is 54.1 Å². The highest BCUT2D eigenvalue weighted by atomic mass is 35.5. The van der Waals surface area contributed by atoms with E-state index < -0.39 is 92.6 Å². The number of nitrogens with one attached hydrogen (secondary N) is 4. The number of pyridine rings is 1. The smallest absolute Gasteiger partial charge is 0.427 e. The number of fused-ring (bicyclic) bond motifs is 3. The number of allylic oxidation sites excluding steroid dienone is 1. The second-order valence-electron chi connectivity index (χ2n) is 17.1. The number of halogens is 6. The molecule has 0 radical (unpaired) electrons. The van der Waals surface area contributed by atoms with E-state index in [4.69, 9.17) is 32.7 Å². The summed E-state index contributed by atoms with van der Waals surface area (Å²) in [6.07, 6.45) is -2.70. The highest BCUT2D eigenvalue weighted by Gasteiger charge is 2.64. The van der Waals surface area contributed by atoms with Gasteiger partial charge in [0, 0.05) is 17.7 Å². The fourth-order valence-corrected chi connectivity index (χ4v) is 9.87. The predicted octanol–water partition coefficient (Wildman–Crippen LogP) is 6.06. The molecule has 0 unspecified atom stereocenters. The molecule has 2 aliphatic heterocycles. The number of hydrogen-bond donors (Lipinski definition) is 4. The second-order valence-corrected chi connectivity index (χ2v) is 19.9. The molecule has 22 heteroatoms. The molecule has 4 N–H and O–H groups in total. The molecule has 4 aliphatic rings. The summed E-state index contributed by atoms with van der Waals surface area (Å²) in [5.41, 5.74) is 0.368. The molecule has 15 nitrogen and oxygen atoms in total. The summed E-state index contributed by atoms with van der Waals surface area (Å²) in [6, 6.07) is 2.21. The fraction of sp³-hybridized carbons (Fsp3) is 0.625. The van der Waals surface area contributed by atoms with Crippen LogP contribution in [-0.4, -0.2) is 102 Å². The molecular weight excluding hydrogens is 887 g/mol. The van der Waals surface area contributed by atoms with Crippen molar-refractivity contribution >= 4 is 67.9 Å². The second kappa shape index (κ2) is 17.8. The molecule has 3 heterocycles. The van der Waals surface area contributed by atoms with Gasteiger partial charge in [-0.1, -0.05) is 49.2 Å². The Morgan fingerprint density at radius 1 is 1.11 bits per heavy atom. The lowest BCUT2D eigenvalue weighted by atomic mass is 9.88. The Kier molecular flexibility index (Phi) is 13.6. The average Bonchev–Trinajstić information content (AvgIpc) is 4.09. The van der Waals surface area contributed by atoms with Crippen LogP contribution in [-0.2, 0) is 29.1 Å². The van der Waals surface area contributed by atoms with Crippen molar-refractivity contribution in [1.29, 1.82) is 0 Å². The summed E-state index contributed by atoms with van der Waals surface area (Å²) in [6.45, 7) is 5.61. The van der Waals surface area contributed by atoms with Crippen molar-refractivity contribution in [1.82, 2.24) is 30.8 Å². The lowest BCUT2D eigenvalue weighted by Crippen LogP contribution is -2.61. The Bertz CT molecular complexity index is 2230. The number of hydrazine groups is 1. The minimum Gasteiger partial charge on any atom is -0.494 e. The minimum atomic E-state index is -4.92. The summed E-state index contributed by atoms with van der Waals surface area (Å²) >= 11 is 13.4. The van der Waals surface area contributed by atoms with Crippen molar-refractivity contribution in [2.24, 2.45) is 17.8 Å². The first-order chi connectivity index (χ1) is 29.0. The van der Waals surface area contributed by atoms with Crippen molar-refractivity contribution in [2.75, 3.05) is 19.8 Å². The average molecular weight is 938 g/mol. The van der Waals surface area contributed by atoms with E-state index in [0.717, 1.165) is 4.90 Å². The zero-order chi connectivity index (χ0) is 45.6. The number of alkyl halides is 4. The first-order valence-corrected chi connectivity index (χ1v) is 22.5. The Morgan fingerprint density at radius 2 is 1.82 bits per heavy atom. The molecule has 2 saturated carbocycles. The quantitative estimate of drug-likeness (QED) is 0.0886. The summed E-state index contributed by atoms with van der Waals surface area (Å²) < 4.78 is 97.9. The van der Waals surface area contributed by atoms with Gasteiger partial charge in [-0.15, -0.1) is 0 Å². The Morgan fingerprint density at radius 3 is 2.47 bits per heavy atom. The molecule has 6 rings (SSSR count). The fourth-order valence-electron chi connectivity index (χ4n) is 7.88. The van der Waals surface area contributed by atoms with Crippen LogP contribution in [0.1, 0.15) is 79.6 Å². The molecule has 3 fully saturated rings. The number of amides is 4. The van der Waals surface area contributed by atoms with Crippen LogP contribution in [0.4, 0.5) is 22.4 Å². The standard InChI is InChI=1S/C40H50Cl2F4N6O9S/c1-6-59-24-11-12-27-26(16-24)29(41)31(32(42)47-27)60-25-17-28-33(53)48-39(35(55)51-62(57,58)38(20-43)13-14-38)18-23(39)10-8-7-9-21(2)15-22(3)30(34(54)52(28)19-25)49-50-36(56)61-37(4,5)40(44,45)46/h8,10-12,16,21-23,25,28,30,49H,6-7,9,13-15,17-20H2,1-5H3,(H,48,53)(H,50,56)(H,51,55)/b10-8-/t21-,22-,23-,25-,28+,30+,39-/m1/s1. The number of carbonyl (C=O) groups excluding carboxylic acids is 4. The van der Waals surface area contributed by atoms with Gasteiger partial charge in [0.2, 0.25) is 27.4 Å². The van der Waals surface area contributed by atoms with Crippen LogP contribution in [0.15, 0.2) is 30.4 Å². The number of aromatic nitrogens is 1. The third-order valence-corrected chi connectivity index (χ3v) is 14.8. The molecule has 1 aromatic heterocycles. The maximum absolute atomic E-state index is 14.8. The zero-order valence-electron chi connectivity index (χ0n) is 34.7. The maximum Gasteiger partial charge on any atom is 0.427 e. The van der Waals surface area contributed by atoms with Crippen molar-refractivity contribution < 1.29 is 59.4 Å². The van der Waals surface area contributed by atoms with Gasteiger partial charge in [-0.3, -0.25) is 24.5 Å². The topological polar surface area (TPSA) is 194 Å². The number of nitrogens with zero attached hydrogens (tertiary/aromatic N) is 2. The summed E-state index contributed by atoms with van der Waals surface area (Å²) in [5, 5.41) is 3.06. The van der Waals surface area contributed by atoms with E-state index in [0.29, 0.717) is 56.4 Å². The van der Waals surface area contributed by atoms with Crippen molar-refractivity contribution in [3.63, 3.8) is 0 Å². The van der Waals surface area contributed by atoms with E-state index in [1.54, 1.807) is 44.2 Å². The van der Waals surface area contributed by atoms with Crippen LogP contribution < -0.4 is 30.4 Å². The lowest BCUT2D eigenvalue weighted by molar-refractivity contribution is -0.244. The van der Waals surface area contributed by atoms with E-state index >= 15 is 0 Å². The monoisotopic (exact) mass is 936 g/mol. The summed E-state index contributed by atoms with van der Waals surface area (Å²) in [4.78, 5) is 61.6. The van der Waals surface area contributed by atoms with Gasteiger partial charge in [0.25, 0.3) is 5.91 Å². The van der Waals surface area contributed by atoms with E-state index in [1.807, 2.05) is 11.6 Å². The van der Waals surface area contributed by atoms with Crippen LogP contribution >= 0.6 is 23.2 Å². The Labute approximate surface area is 366 Å². The number of sulfonamides is 1. The normalized spacial score (nSPS) is 28.3. The van der Waals surface area contributed by atoms with Crippen LogP contribution in [0.5, 0.6) is 11.5 Å². The Balaban J connectivity index is 1.35. The van der Waals surface area contributed by atoms with Gasteiger partial charge in [-0.25, -0.2) is 28.0 Å². The predicted molar refractivity (Wildman–Crippen MR) is 219 cm³/mol. The summed E-state index contributed by atoms with van der Waals surface area (Å²) in [5.74, 6) is -3.62. The van der Waals surface area contributed by atoms with Gasteiger partial charge in [0.05, 0.1) is 23.7 Å². The van der Waals surface area contributed by atoms with Crippen molar-refractivity contribution in [2.45, 2.75) is 120 Å². The lowest BCUT2D eigenvalue weighted by Gasteiger charge is -2.33. The highest BCUT2D eigenvalue weighted by Crippen LogP contribution is 2.48. The molecule has 2 aromatic rings. The van der Waals surface area contributed by atoms with E-state index in [9.17, 15) is 45.2 Å². The number of benzene rings is 1. The van der Waals surface area contributed by atoms with Crippen LogP contribution in [0.2, 0.25) is 10.2 Å². The van der Waals surface area contributed by atoms with E-state index in [2.05, 4.69) is 25.9 Å². The molecule has 4 amide bonds. The Hall–Kier alpha value is -4.14. The number of carbonyl (C=O) groups is 4. The number of hydrogen-bond acceptors (Lipinski definition) is 11. The van der Waals surface area contributed by atoms with Gasteiger partial charge in [-0.05, 0) is 89.3 Å². The van der Waals surface area contributed by atoms with Crippen molar-refractivity contribution in [3.8, 4) is 11.5 Å². The van der Waals surface area contributed by atoms with Gasteiger partial charge in [0.15, 0.2) is 10.9 Å². The van der Waals surface area contributed by atoms with Gasteiger partial charge in [0.1, 0.15) is 40.9 Å². The SMILES string of the molecule is CCOc1ccc2nc(Cl)c(O[C@@H]3C[C@H]4C(=O)N[C@]5(C(=O)NS(=O)(=O)C6(CF)CC6)C[C@H]5/C=C\CC[C@@H](C)C[C@@H](C)[C@H](NNC(=O)OC(C)(C)C(F)(F)F)C(=O)N4C3)c(Cl)c2c1. The molecule has 1 aromatic carbocycles. The van der Waals surface area contributed by atoms with E-state index in [1.165, 1.54) is 0 Å². The largest absolute Gasteiger partial charge is 0.494 e. The molecule has 7 atom stereocenters. The number of ether oxygens (including phenoxy) is 3. The highest BCUT2D eigenvalue weighted by molar-refractivity contribution is 7.91.